The first-order valence-electron chi connectivity index (χ1n) is 10.5. The van der Waals surface area contributed by atoms with Crippen molar-refractivity contribution < 1.29 is 13.0 Å². The first-order valence-corrected chi connectivity index (χ1v) is 15.1. The Morgan fingerprint density at radius 3 is 1.97 bits per heavy atom. The highest BCUT2D eigenvalue weighted by molar-refractivity contribution is 8.00. The van der Waals surface area contributed by atoms with Crippen LogP contribution in [0.25, 0.3) is 0 Å². The lowest BCUT2D eigenvalue weighted by atomic mass is 9.98. The second-order valence-electron chi connectivity index (χ2n) is 7.21. The molecule has 0 fully saturated rings. The van der Waals surface area contributed by atoms with Gasteiger partial charge in [0.1, 0.15) is 0 Å². The monoisotopic (exact) mass is 501 g/mol. The normalized spacial score (nSPS) is 12.8. The van der Waals surface area contributed by atoms with Gasteiger partial charge in [-0.15, -0.1) is 0 Å². The summed E-state index contributed by atoms with van der Waals surface area (Å²) in [5.74, 6) is 2.56. The predicted octanol–water partition coefficient (Wildman–Crippen LogP) is 5.94. The molecule has 1 unspecified atom stereocenters. The fraction of sp³-hybridized carbons (Fsp3) is 0.571. The van der Waals surface area contributed by atoms with Crippen molar-refractivity contribution in [3.05, 3.63) is 35.4 Å². The largest absolute Gasteiger partial charge is 0.286 e. The molecule has 0 aliphatic heterocycles. The fourth-order valence-corrected chi connectivity index (χ4v) is 5.90. The highest BCUT2D eigenvalue weighted by Gasteiger charge is 2.11. The molecule has 0 radical (unpaired) electrons. The van der Waals surface area contributed by atoms with Crippen molar-refractivity contribution in [2.75, 3.05) is 17.3 Å². The molecule has 1 heterocycles. The molecule has 0 amide bonds. The zero-order chi connectivity index (χ0) is 22.7. The molecule has 0 saturated carbocycles. The van der Waals surface area contributed by atoms with E-state index >= 15 is 0 Å². The van der Waals surface area contributed by atoms with Gasteiger partial charge >= 0.3 is 0 Å². The van der Waals surface area contributed by atoms with Crippen LogP contribution in [-0.2, 0) is 15.9 Å². The minimum atomic E-state index is -3.93. The fourth-order valence-electron chi connectivity index (χ4n) is 2.55. The second kappa shape index (κ2) is 13.7. The van der Waals surface area contributed by atoms with Crippen LogP contribution >= 0.6 is 35.3 Å². The van der Waals surface area contributed by atoms with Gasteiger partial charge in [-0.2, -0.15) is 23.4 Å². The molecule has 1 atom stereocenters. The van der Waals surface area contributed by atoms with Crippen LogP contribution in [0.5, 0.6) is 0 Å². The van der Waals surface area contributed by atoms with E-state index in [0.717, 1.165) is 30.8 Å². The van der Waals surface area contributed by atoms with Crippen molar-refractivity contribution >= 4 is 45.4 Å². The lowest BCUT2D eigenvalue weighted by Crippen LogP contribution is -2.05. The summed E-state index contributed by atoms with van der Waals surface area (Å²) in [5, 5.41) is 1.98. The highest BCUT2D eigenvalue weighted by atomic mass is 32.2. The van der Waals surface area contributed by atoms with E-state index in [4.69, 9.17) is 4.55 Å². The van der Waals surface area contributed by atoms with E-state index < -0.39 is 10.1 Å². The molecule has 1 aromatic carbocycles. The lowest BCUT2D eigenvalue weighted by Gasteiger charge is -2.10. The molecule has 0 spiro atoms. The smallest absolute Gasteiger partial charge is 0.264 e. The van der Waals surface area contributed by atoms with Crippen LogP contribution in [0, 0.1) is 0 Å². The maximum atomic E-state index is 10.9. The number of hydrogen-bond acceptors (Lipinski definition) is 8. The number of nitrogens with zero attached hydrogens (tertiary/aromatic N) is 3. The van der Waals surface area contributed by atoms with Gasteiger partial charge in [0, 0.05) is 17.3 Å². The van der Waals surface area contributed by atoms with E-state index in [2.05, 4.69) is 60.0 Å². The zero-order valence-corrected chi connectivity index (χ0v) is 21.5. The Balaban J connectivity index is 2.02. The van der Waals surface area contributed by atoms with E-state index in [0.29, 0.717) is 33.6 Å². The average Bonchev–Trinajstić information content (AvgIpc) is 2.74. The first kappa shape index (κ1) is 26.4. The van der Waals surface area contributed by atoms with Crippen LogP contribution in [0.4, 0.5) is 0 Å². The Kier molecular flexibility index (Phi) is 11.7. The SMILES string of the molecule is CCCCSc1nc(SCCCS(=O)(=O)O)nc(SCc2ccc(C(C)CC)cc2)n1. The van der Waals surface area contributed by atoms with Gasteiger partial charge in [0.25, 0.3) is 10.1 Å². The van der Waals surface area contributed by atoms with Crippen LogP contribution in [-0.4, -0.2) is 45.2 Å². The van der Waals surface area contributed by atoms with Crippen molar-refractivity contribution in [3.8, 4) is 0 Å². The summed E-state index contributed by atoms with van der Waals surface area (Å²) in [6.45, 7) is 6.59. The van der Waals surface area contributed by atoms with Gasteiger partial charge in [-0.3, -0.25) is 4.55 Å². The second-order valence-corrected chi connectivity index (χ2v) is 11.9. The average molecular weight is 502 g/mol. The number of benzene rings is 1. The highest BCUT2D eigenvalue weighted by Crippen LogP contribution is 2.27. The first-order chi connectivity index (χ1) is 14.8. The summed E-state index contributed by atoms with van der Waals surface area (Å²) in [6.07, 6.45) is 3.68. The van der Waals surface area contributed by atoms with Gasteiger partial charge in [0.05, 0.1) is 5.75 Å². The molecule has 1 N–H and O–H groups in total. The third-order valence-corrected chi connectivity index (χ3v) is 8.20. The molecule has 0 saturated heterocycles. The molecule has 1 aromatic heterocycles. The minimum absolute atomic E-state index is 0.253. The topological polar surface area (TPSA) is 93.0 Å². The Morgan fingerprint density at radius 2 is 1.45 bits per heavy atom. The Morgan fingerprint density at radius 1 is 0.903 bits per heavy atom. The summed E-state index contributed by atoms with van der Waals surface area (Å²) >= 11 is 4.59. The maximum Gasteiger partial charge on any atom is 0.264 e. The number of unbranched alkanes of at least 4 members (excludes halogenated alkanes) is 1. The summed E-state index contributed by atoms with van der Waals surface area (Å²) < 4.78 is 30.7. The van der Waals surface area contributed by atoms with E-state index in [1.165, 1.54) is 22.9 Å². The molecular formula is C21H31N3O3S4. The van der Waals surface area contributed by atoms with Gasteiger partial charge in [-0.05, 0) is 36.3 Å². The van der Waals surface area contributed by atoms with Crippen LogP contribution in [0.15, 0.2) is 39.7 Å². The van der Waals surface area contributed by atoms with Gasteiger partial charge in [0.15, 0.2) is 15.5 Å². The van der Waals surface area contributed by atoms with E-state index in [9.17, 15) is 8.42 Å². The van der Waals surface area contributed by atoms with Gasteiger partial charge in [-0.25, -0.2) is 0 Å². The van der Waals surface area contributed by atoms with Crippen molar-refractivity contribution in [2.45, 2.75) is 73.6 Å². The molecule has 0 aliphatic rings. The molecule has 31 heavy (non-hydrogen) atoms. The van der Waals surface area contributed by atoms with E-state index in [1.54, 1.807) is 23.5 Å². The summed E-state index contributed by atoms with van der Waals surface area (Å²) in [4.78, 5) is 13.7. The van der Waals surface area contributed by atoms with Crippen molar-refractivity contribution in [1.82, 2.24) is 15.0 Å². The lowest BCUT2D eigenvalue weighted by molar-refractivity contribution is 0.482. The quantitative estimate of drug-likeness (QED) is 0.192. The van der Waals surface area contributed by atoms with Crippen molar-refractivity contribution in [1.29, 1.82) is 0 Å². The van der Waals surface area contributed by atoms with Crippen LogP contribution in [0.3, 0.4) is 0 Å². The maximum absolute atomic E-state index is 10.9. The van der Waals surface area contributed by atoms with Gasteiger partial charge < -0.3 is 0 Å². The number of thioether (sulfide) groups is 3. The molecule has 0 aliphatic carbocycles. The molecule has 2 aromatic rings. The molecule has 172 valence electrons. The van der Waals surface area contributed by atoms with E-state index in [-0.39, 0.29) is 5.75 Å². The predicted molar refractivity (Wildman–Crippen MR) is 132 cm³/mol. The number of aromatic nitrogens is 3. The van der Waals surface area contributed by atoms with E-state index in [1.807, 2.05) is 0 Å². The number of rotatable bonds is 14. The summed E-state index contributed by atoms with van der Waals surface area (Å²) in [6, 6.07) is 8.72. The minimum Gasteiger partial charge on any atom is -0.286 e. The van der Waals surface area contributed by atoms with Gasteiger partial charge in [0.2, 0.25) is 0 Å². The molecule has 2 rings (SSSR count). The standard InChI is InChI=1S/C21H31N3O3S4/c1-4-6-12-28-19-22-20(29-13-7-14-31(25,26)27)24-21(23-19)30-15-17-8-10-18(11-9-17)16(3)5-2/h8-11,16H,4-7,12-15H2,1-3H3,(H,25,26,27). The summed E-state index contributed by atoms with van der Waals surface area (Å²) in [7, 11) is -3.93. The van der Waals surface area contributed by atoms with Crippen molar-refractivity contribution in [2.24, 2.45) is 0 Å². The zero-order valence-electron chi connectivity index (χ0n) is 18.3. The molecule has 10 heteroatoms. The van der Waals surface area contributed by atoms with Crippen LogP contribution < -0.4 is 0 Å². The van der Waals surface area contributed by atoms with Crippen molar-refractivity contribution in [3.63, 3.8) is 0 Å². The Labute approximate surface area is 199 Å². The third kappa shape index (κ3) is 10.6. The Hall–Kier alpha value is -0.810. The van der Waals surface area contributed by atoms with Gasteiger partial charge in [-0.1, -0.05) is 86.7 Å². The molecule has 0 bridgehead atoms. The number of hydrogen-bond donors (Lipinski definition) is 1. The Bertz CT molecular complexity index is 909. The van der Waals surface area contributed by atoms with Crippen LogP contribution in [0.2, 0.25) is 0 Å². The summed E-state index contributed by atoms with van der Waals surface area (Å²) in [5.41, 5.74) is 2.58. The van der Waals surface area contributed by atoms with Crippen LogP contribution in [0.1, 0.15) is 63.5 Å². The molecular weight excluding hydrogens is 471 g/mol. The molecule has 6 nitrogen and oxygen atoms in total. The third-order valence-electron chi connectivity index (χ3n) is 4.61.